The van der Waals surface area contributed by atoms with Gasteiger partial charge in [-0.25, -0.2) is 15.0 Å². The van der Waals surface area contributed by atoms with Crippen LogP contribution in [0.5, 0.6) is 17.2 Å². The summed E-state index contributed by atoms with van der Waals surface area (Å²) in [7, 11) is 5.09. The lowest BCUT2D eigenvalue weighted by Gasteiger charge is -2.25. The fourth-order valence-electron chi connectivity index (χ4n) is 5.95. The normalized spacial score (nSPS) is 11.5. The zero-order valence-corrected chi connectivity index (χ0v) is 23.7. The van der Waals surface area contributed by atoms with E-state index in [1.165, 1.54) is 0 Å². The summed E-state index contributed by atoms with van der Waals surface area (Å²) in [6.45, 7) is 1.48. The number of fused-ring (bicyclic) bond motifs is 3. The number of para-hydroxylation sites is 6. The van der Waals surface area contributed by atoms with E-state index in [4.69, 9.17) is 14.2 Å². The second-order valence-corrected chi connectivity index (χ2v) is 10.1. The van der Waals surface area contributed by atoms with Crippen LogP contribution >= 0.6 is 0 Å². The first kappa shape index (κ1) is 25.6. The lowest BCUT2D eigenvalue weighted by Crippen LogP contribution is -2.14. The number of hydrogen-bond donors (Lipinski definition) is 0. The average Bonchev–Trinajstić information content (AvgIpc) is 3.75. The molecule has 0 spiro atoms. The Morgan fingerprint density at radius 1 is 0.452 bits per heavy atom. The SMILES string of the molecule is COc1c(Cn2cnc3ccccc32)c(OC)c(Cn2cnc3ccccc32)c(OC)c1Cn1cnc2ccccc21. The van der Waals surface area contributed by atoms with Gasteiger partial charge < -0.3 is 27.9 Å². The quantitative estimate of drug-likeness (QED) is 0.219. The number of rotatable bonds is 9. The van der Waals surface area contributed by atoms with Crippen LogP contribution in [0.15, 0.2) is 91.8 Å². The van der Waals surface area contributed by atoms with E-state index in [0.717, 1.165) is 49.8 Å². The molecule has 42 heavy (non-hydrogen) atoms. The molecule has 3 heterocycles. The summed E-state index contributed by atoms with van der Waals surface area (Å²) in [6.07, 6.45) is 5.58. The molecule has 0 saturated heterocycles. The van der Waals surface area contributed by atoms with Crippen LogP contribution in [0, 0.1) is 0 Å². The summed E-state index contributed by atoms with van der Waals surface area (Å²) in [5.41, 5.74) is 8.59. The number of ether oxygens (including phenoxy) is 3. The van der Waals surface area contributed by atoms with Crippen LogP contribution in [0.1, 0.15) is 16.7 Å². The molecule has 9 heteroatoms. The van der Waals surface area contributed by atoms with Crippen molar-refractivity contribution < 1.29 is 14.2 Å². The number of benzene rings is 4. The van der Waals surface area contributed by atoms with Crippen molar-refractivity contribution in [2.24, 2.45) is 0 Å². The summed E-state index contributed by atoms with van der Waals surface area (Å²) in [6, 6.07) is 24.3. The third kappa shape index (κ3) is 4.21. The number of imidazole rings is 3. The van der Waals surface area contributed by atoms with E-state index < -0.39 is 0 Å². The van der Waals surface area contributed by atoms with Gasteiger partial charge in [-0.15, -0.1) is 0 Å². The van der Waals surface area contributed by atoms with Gasteiger partial charge in [0.2, 0.25) is 0 Å². The summed E-state index contributed by atoms with van der Waals surface area (Å²) in [5.74, 6) is 2.12. The van der Waals surface area contributed by atoms with E-state index >= 15 is 0 Å². The molecule has 4 aromatic carbocycles. The zero-order valence-electron chi connectivity index (χ0n) is 23.7. The van der Waals surface area contributed by atoms with Gasteiger partial charge in [0.1, 0.15) is 17.2 Å². The molecule has 9 nitrogen and oxygen atoms in total. The average molecular weight is 559 g/mol. The molecule has 0 saturated carbocycles. The molecule has 0 radical (unpaired) electrons. The first-order valence-corrected chi connectivity index (χ1v) is 13.7. The van der Waals surface area contributed by atoms with Crippen LogP contribution in [0.25, 0.3) is 33.1 Å². The van der Waals surface area contributed by atoms with E-state index in [1.54, 1.807) is 21.3 Å². The molecule has 7 rings (SSSR count). The molecule has 0 unspecified atom stereocenters. The number of aromatic nitrogens is 6. The second kappa shape index (κ2) is 10.6. The van der Waals surface area contributed by atoms with Crippen LogP contribution in [0.2, 0.25) is 0 Å². The maximum atomic E-state index is 6.20. The number of methoxy groups -OCH3 is 3. The van der Waals surface area contributed by atoms with Crippen LogP contribution < -0.4 is 14.2 Å². The number of hydrogen-bond acceptors (Lipinski definition) is 6. The summed E-state index contributed by atoms with van der Waals surface area (Å²) >= 11 is 0. The molecule has 0 aliphatic heterocycles. The Balaban J connectivity index is 1.46. The van der Waals surface area contributed by atoms with Crippen molar-refractivity contribution in [2.45, 2.75) is 19.6 Å². The Hall–Kier alpha value is -5.31. The predicted octanol–water partition coefficient (Wildman–Crippen LogP) is 5.91. The van der Waals surface area contributed by atoms with Crippen molar-refractivity contribution in [2.75, 3.05) is 21.3 Å². The Labute approximate surface area is 242 Å². The van der Waals surface area contributed by atoms with Gasteiger partial charge >= 0.3 is 0 Å². The van der Waals surface area contributed by atoms with Crippen molar-refractivity contribution in [3.8, 4) is 17.2 Å². The maximum absolute atomic E-state index is 6.20. The molecule has 0 atom stereocenters. The van der Waals surface area contributed by atoms with Crippen LogP contribution in [0.4, 0.5) is 0 Å². The first-order valence-electron chi connectivity index (χ1n) is 13.7. The number of nitrogens with zero attached hydrogens (tertiary/aromatic N) is 6. The highest BCUT2D eigenvalue weighted by Crippen LogP contribution is 2.45. The fourth-order valence-corrected chi connectivity index (χ4v) is 5.95. The zero-order chi connectivity index (χ0) is 28.6. The maximum Gasteiger partial charge on any atom is 0.136 e. The Morgan fingerprint density at radius 2 is 0.738 bits per heavy atom. The highest BCUT2D eigenvalue weighted by molar-refractivity contribution is 5.77. The topological polar surface area (TPSA) is 81.1 Å². The van der Waals surface area contributed by atoms with Crippen molar-refractivity contribution in [3.63, 3.8) is 0 Å². The molecule has 3 aromatic heterocycles. The van der Waals surface area contributed by atoms with E-state index in [0.29, 0.717) is 36.9 Å². The van der Waals surface area contributed by atoms with Crippen LogP contribution in [0.3, 0.4) is 0 Å². The van der Waals surface area contributed by atoms with Gasteiger partial charge in [-0.1, -0.05) is 36.4 Å². The van der Waals surface area contributed by atoms with Gasteiger partial charge in [-0.3, -0.25) is 0 Å². The van der Waals surface area contributed by atoms with E-state index in [-0.39, 0.29) is 0 Å². The Kier molecular flexibility index (Phi) is 6.46. The van der Waals surface area contributed by atoms with Gasteiger partial charge in [-0.2, -0.15) is 0 Å². The third-order valence-corrected chi connectivity index (χ3v) is 7.82. The van der Waals surface area contributed by atoms with Crippen LogP contribution in [-0.4, -0.2) is 50.0 Å². The Bertz CT molecular complexity index is 1800. The first-order chi connectivity index (χ1) is 20.7. The van der Waals surface area contributed by atoms with Crippen molar-refractivity contribution in [3.05, 3.63) is 108 Å². The van der Waals surface area contributed by atoms with Crippen LogP contribution in [-0.2, 0) is 19.6 Å². The monoisotopic (exact) mass is 558 g/mol. The minimum atomic E-state index is 0.492. The predicted molar refractivity (Wildman–Crippen MR) is 163 cm³/mol. The lowest BCUT2D eigenvalue weighted by atomic mass is 9.98. The standard InChI is InChI=1S/C33H30N6O3/c1-40-31-22(16-37-19-34-25-10-4-7-13-28(25)37)32(41-2)24(18-39-21-36-27-12-6-9-15-30(27)39)33(42-3)23(31)17-38-20-35-26-11-5-8-14-29(26)38/h4-15,19-21H,16-18H2,1-3H3. The van der Waals surface area contributed by atoms with Crippen molar-refractivity contribution >= 4 is 33.1 Å². The summed E-state index contributed by atoms with van der Waals surface area (Å²) in [5, 5.41) is 0. The second-order valence-electron chi connectivity index (χ2n) is 10.1. The van der Waals surface area contributed by atoms with Gasteiger partial charge in [-0.05, 0) is 36.4 Å². The van der Waals surface area contributed by atoms with E-state index in [9.17, 15) is 0 Å². The highest BCUT2D eigenvalue weighted by atomic mass is 16.5. The molecule has 0 aliphatic rings. The van der Waals surface area contributed by atoms with Crippen molar-refractivity contribution in [1.29, 1.82) is 0 Å². The van der Waals surface area contributed by atoms with E-state index in [1.807, 2.05) is 73.6 Å². The molecule has 0 fully saturated rings. The van der Waals surface area contributed by atoms with E-state index in [2.05, 4.69) is 46.9 Å². The van der Waals surface area contributed by atoms with Gasteiger partial charge in [0.25, 0.3) is 0 Å². The molecule has 210 valence electrons. The lowest BCUT2D eigenvalue weighted by molar-refractivity contribution is 0.353. The fraction of sp³-hybridized carbons (Fsp3) is 0.182. The van der Waals surface area contributed by atoms with Gasteiger partial charge in [0.15, 0.2) is 0 Å². The minimum Gasteiger partial charge on any atom is -0.496 e. The molecule has 0 bridgehead atoms. The minimum absolute atomic E-state index is 0.492. The van der Waals surface area contributed by atoms with Crippen molar-refractivity contribution in [1.82, 2.24) is 28.7 Å². The Morgan fingerprint density at radius 3 is 1.02 bits per heavy atom. The molecular formula is C33H30N6O3. The highest BCUT2D eigenvalue weighted by Gasteiger charge is 2.28. The molecular weight excluding hydrogens is 528 g/mol. The smallest absolute Gasteiger partial charge is 0.136 e. The largest absolute Gasteiger partial charge is 0.496 e. The summed E-state index contributed by atoms with van der Waals surface area (Å²) in [4.78, 5) is 13.9. The molecule has 0 amide bonds. The third-order valence-electron chi connectivity index (χ3n) is 7.82. The molecule has 7 aromatic rings. The molecule has 0 N–H and O–H groups in total. The summed E-state index contributed by atoms with van der Waals surface area (Å²) < 4.78 is 25.0. The molecule has 0 aliphatic carbocycles. The van der Waals surface area contributed by atoms with Gasteiger partial charge in [0, 0.05) is 0 Å². The van der Waals surface area contributed by atoms with Gasteiger partial charge in [0.05, 0.1) is 110 Å².